The monoisotopic (exact) mass is 244 g/mol. The van der Waals surface area contributed by atoms with Gasteiger partial charge in [0, 0.05) is 5.69 Å². The third-order valence-corrected chi connectivity index (χ3v) is 3.72. The first kappa shape index (κ1) is 10.4. The molecular weight excluding hydrogens is 232 g/mol. The lowest BCUT2D eigenvalue weighted by Gasteiger charge is -2.34. The fraction of sp³-hybridized carbons (Fsp3) is 0.154. The highest BCUT2D eigenvalue weighted by Gasteiger charge is 2.30. The van der Waals surface area contributed by atoms with Crippen molar-refractivity contribution in [2.75, 3.05) is 10.2 Å². The smallest absolute Gasteiger partial charge is 0.262 e. The number of nitrogens with zero attached hydrogens (tertiary/aromatic N) is 1. The summed E-state index contributed by atoms with van der Waals surface area (Å²) in [6, 6.07) is 11.6. The van der Waals surface area contributed by atoms with Crippen LogP contribution in [0, 0.1) is 0 Å². The molecule has 1 N–H and O–H groups in total. The second kappa shape index (κ2) is 3.89. The Morgan fingerprint density at radius 3 is 2.76 bits per heavy atom. The molecular formula is C13H12N2OS. The molecule has 0 spiro atoms. The number of carbonyl (C=O) groups excluding carboxylic acids is 1. The number of hydrogen-bond acceptors (Lipinski definition) is 3. The second-order valence-corrected chi connectivity index (χ2v) is 4.91. The average Bonchev–Trinajstić information content (AvgIpc) is 2.78. The Labute approximate surface area is 104 Å². The maximum absolute atomic E-state index is 12.4. The van der Waals surface area contributed by atoms with E-state index >= 15 is 0 Å². The van der Waals surface area contributed by atoms with Crippen molar-refractivity contribution in [2.24, 2.45) is 0 Å². The van der Waals surface area contributed by atoms with Gasteiger partial charge < -0.3 is 5.32 Å². The van der Waals surface area contributed by atoms with E-state index in [9.17, 15) is 4.79 Å². The van der Waals surface area contributed by atoms with E-state index in [4.69, 9.17) is 0 Å². The van der Waals surface area contributed by atoms with E-state index in [0.29, 0.717) is 0 Å². The number of carbonyl (C=O) groups is 1. The normalized spacial score (nSPS) is 18.8. The van der Waals surface area contributed by atoms with Crippen molar-refractivity contribution >= 4 is 27.9 Å². The summed E-state index contributed by atoms with van der Waals surface area (Å²) >= 11 is 1.57. The van der Waals surface area contributed by atoms with Gasteiger partial charge in [-0.25, -0.2) is 0 Å². The number of fused-ring (bicyclic) bond motifs is 1. The van der Waals surface area contributed by atoms with Crippen molar-refractivity contribution in [2.45, 2.75) is 13.1 Å². The molecule has 1 aliphatic rings. The number of para-hydroxylation sites is 1. The summed E-state index contributed by atoms with van der Waals surface area (Å²) in [6.07, 6.45) is -0.0175. The van der Waals surface area contributed by atoms with Gasteiger partial charge in [0.2, 0.25) is 0 Å². The quantitative estimate of drug-likeness (QED) is 0.835. The molecule has 0 saturated heterocycles. The van der Waals surface area contributed by atoms with E-state index in [-0.39, 0.29) is 12.1 Å². The summed E-state index contributed by atoms with van der Waals surface area (Å²) in [4.78, 5) is 14.2. The van der Waals surface area contributed by atoms with Crippen LogP contribution in [-0.2, 0) is 0 Å². The van der Waals surface area contributed by atoms with Gasteiger partial charge in [0.15, 0.2) is 0 Å². The molecule has 4 heteroatoms. The van der Waals surface area contributed by atoms with Crippen LogP contribution < -0.4 is 10.2 Å². The Kier molecular flexibility index (Phi) is 2.37. The van der Waals surface area contributed by atoms with Gasteiger partial charge in [0.25, 0.3) is 5.91 Å². The van der Waals surface area contributed by atoms with Crippen LogP contribution >= 0.6 is 11.3 Å². The van der Waals surface area contributed by atoms with Gasteiger partial charge in [-0.15, -0.1) is 11.3 Å². The summed E-state index contributed by atoms with van der Waals surface area (Å²) in [5, 5.41) is 6.25. The van der Waals surface area contributed by atoms with E-state index in [1.807, 2.05) is 48.7 Å². The van der Waals surface area contributed by atoms with Crippen molar-refractivity contribution in [1.29, 1.82) is 0 Å². The van der Waals surface area contributed by atoms with Gasteiger partial charge >= 0.3 is 0 Å². The Morgan fingerprint density at radius 1 is 1.24 bits per heavy atom. The van der Waals surface area contributed by atoms with Crippen LogP contribution in [0.4, 0.5) is 10.7 Å². The molecule has 0 fully saturated rings. The zero-order chi connectivity index (χ0) is 11.8. The molecule has 0 bridgehead atoms. The lowest BCUT2D eigenvalue weighted by molar-refractivity contribution is 0.0978. The van der Waals surface area contributed by atoms with Crippen molar-refractivity contribution in [3.05, 3.63) is 47.3 Å². The Bertz CT molecular complexity index is 550. The molecule has 1 aromatic carbocycles. The summed E-state index contributed by atoms with van der Waals surface area (Å²) < 4.78 is 0. The largest absolute Gasteiger partial charge is 0.356 e. The molecule has 2 heterocycles. The summed E-state index contributed by atoms with van der Waals surface area (Å²) in [6.45, 7) is 1.99. The van der Waals surface area contributed by atoms with Gasteiger partial charge in [-0.2, -0.15) is 0 Å². The van der Waals surface area contributed by atoms with Crippen LogP contribution in [0.1, 0.15) is 17.3 Å². The minimum atomic E-state index is -0.0175. The van der Waals surface area contributed by atoms with Crippen molar-refractivity contribution < 1.29 is 4.79 Å². The third kappa shape index (κ3) is 1.61. The fourth-order valence-electron chi connectivity index (χ4n) is 2.08. The SMILES string of the molecule is C[C@H]1Nc2sccc2C(=O)N1c1ccccc1. The molecule has 0 unspecified atom stereocenters. The zero-order valence-corrected chi connectivity index (χ0v) is 10.2. The highest BCUT2D eigenvalue weighted by Crippen LogP contribution is 2.32. The van der Waals surface area contributed by atoms with Crippen LogP contribution in [0.3, 0.4) is 0 Å². The van der Waals surface area contributed by atoms with Crippen LogP contribution in [0.25, 0.3) is 0 Å². The predicted octanol–water partition coefficient (Wildman–Crippen LogP) is 3.17. The van der Waals surface area contributed by atoms with E-state index in [0.717, 1.165) is 16.3 Å². The predicted molar refractivity (Wildman–Crippen MR) is 70.7 cm³/mol. The topological polar surface area (TPSA) is 32.3 Å². The number of hydrogen-bond donors (Lipinski definition) is 1. The van der Waals surface area contributed by atoms with E-state index < -0.39 is 0 Å². The molecule has 1 atom stereocenters. The molecule has 1 aromatic heterocycles. The Morgan fingerprint density at radius 2 is 2.00 bits per heavy atom. The first-order valence-electron chi connectivity index (χ1n) is 5.50. The standard InChI is InChI=1S/C13H12N2OS/c1-9-14-12-11(7-8-17-12)13(16)15(9)10-5-3-2-4-6-10/h2-9,14H,1H3/t9-/m0/s1. The lowest BCUT2D eigenvalue weighted by Crippen LogP contribution is -2.46. The fourth-order valence-corrected chi connectivity index (χ4v) is 2.94. The van der Waals surface area contributed by atoms with E-state index in [1.165, 1.54) is 0 Å². The zero-order valence-electron chi connectivity index (χ0n) is 9.38. The van der Waals surface area contributed by atoms with Gasteiger partial charge in [-0.3, -0.25) is 9.69 Å². The van der Waals surface area contributed by atoms with Gasteiger partial charge in [-0.05, 0) is 30.5 Å². The number of nitrogens with one attached hydrogen (secondary N) is 1. The Hall–Kier alpha value is -1.81. The van der Waals surface area contributed by atoms with Gasteiger partial charge in [0.05, 0.1) is 5.56 Å². The number of thiophene rings is 1. The van der Waals surface area contributed by atoms with Crippen LogP contribution in [0.2, 0.25) is 0 Å². The van der Waals surface area contributed by atoms with Crippen LogP contribution in [-0.4, -0.2) is 12.1 Å². The summed E-state index contributed by atoms with van der Waals surface area (Å²) in [5.41, 5.74) is 1.69. The molecule has 0 radical (unpaired) electrons. The Balaban J connectivity index is 2.05. The minimum absolute atomic E-state index is 0.0175. The number of rotatable bonds is 1. The van der Waals surface area contributed by atoms with Crippen LogP contribution in [0.5, 0.6) is 0 Å². The molecule has 2 aromatic rings. The van der Waals surface area contributed by atoms with E-state index in [2.05, 4.69) is 5.32 Å². The molecule has 0 saturated carbocycles. The maximum atomic E-state index is 12.4. The highest BCUT2D eigenvalue weighted by atomic mass is 32.1. The molecule has 0 aliphatic carbocycles. The molecule has 1 amide bonds. The van der Waals surface area contributed by atoms with Crippen LogP contribution in [0.15, 0.2) is 41.8 Å². The molecule has 3 rings (SSSR count). The maximum Gasteiger partial charge on any atom is 0.262 e. The molecule has 3 nitrogen and oxygen atoms in total. The van der Waals surface area contributed by atoms with Crippen molar-refractivity contribution in [3.8, 4) is 0 Å². The molecule has 86 valence electrons. The lowest BCUT2D eigenvalue weighted by atomic mass is 10.1. The number of benzene rings is 1. The second-order valence-electron chi connectivity index (χ2n) is 3.99. The molecule has 1 aliphatic heterocycles. The first-order chi connectivity index (χ1) is 8.27. The summed E-state index contributed by atoms with van der Waals surface area (Å²) in [5.74, 6) is 0.0682. The third-order valence-electron chi connectivity index (χ3n) is 2.88. The van der Waals surface area contributed by atoms with Crippen molar-refractivity contribution in [1.82, 2.24) is 0 Å². The minimum Gasteiger partial charge on any atom is -0.356 e. The van der Waals surface area contributed by atoms with Gasteiger partial charge in [0.1, 0.15) is 11.2 Å². The number of amides is 1. The molecule has 17 heavy (non-hydrogen) atoms. The van der Waals surface area contributed by atoms with E-state index in [1.54, 1.807) is 16.2 Å². The summed E-state index contributed by atoms with van der Waals surface area (Å²) in [7, 11) is 0. The van der Waals surface area contributed by atoms with Gasteiger partial charge in [-0.1, -0.05) is 18.2 Å². The average molecular weight is 244 g/mol. The highest BCUT2D eigenvalue weighted by molar-refractivity contribution is 7.14. The van der Waals surface area contributed by atoms with Crippen molar-refractivity contribution in [3.63, 3.8) is 0 Å². The number of anilines is 2. The first-order valence-corrected chi connectivity index (χ1v) is 6.38.